The molecule has 0 saturated carbocycles. The second-order valence-corrected chi connectivity index (χ2v) is 8.45. The Balaban J connectivity index is 2.02. The quantitative estimate of drug-likeness (QED) is 0.541. The van der Waals surface area contributed by atoms with Crippen molar-refractivity contribution in [3.63, 3.8) is 0 Å². The molecule has 2 heterocycles. The Morgan fingerprint density at radius 1 is 1.19 bits per heavy atom. The summed E-state index contributed by atoms with van der Waals surface area (Å²) >= 11 is 0. The summed E-state index contributed by atoms with van der Waals surface area (Å²) in [5.74, 6) is -0.136. The number of ether oxygens (including phenoxy) is 5. The number of hydrogen-bond donors (Lipinski definition) is 2. The fourth-order valence-corrected chi connectivity index (χ4v) is 3.89. The highest BCUT2D eigenvalue weighted by Crippen LogP contribution is 2.34. The smallest absolute Gasteiger partial charge is 0.255 e. The van der Waals surface area contributed by atoms with Crippen molar-refractivity contribution >= 4 is 12.0 Å². The van der Waals surface area contributed by atoms with E-state index < -0.39 is 18.0 Å². The maximum atomic E-state index is 13.2. The number of benzene rings is 1. The van der Waals surface area contributed by atoms with E-state index in [1.807, 2.05) is 39.0 Å². The van der Waals surface area contributed by atoms with Crippen LogP contribution >= 0.6 is 0 Å². The molecule has 1 aromatic carbocycles. The van der Waals surface area contributed by atoms with Gasteiger partial charge in [0, 0.05) is 19.2 Å². The van der Waals surface area contributed by atoms with Crippen molar-refractivity contribution in [1.29, 1.82) is 0 Å². The lowest BCUT2D eigenvalue weighted by atomic mass is 10.00. The molecule has 176 valence electrons. The van der Waals surface area contributed by atoms with Crippen LogP contribution in [0.1, 0.15) is 49.5 Å². The number of fused-ring (bicyclic) bond motifs is 2. The highest BCUT2D eigenvalue weighted by molar-refractivity contribution is 6.01. The summed E-state index contributed by atoms with van der Waals surface area (Å²) < 4.78 is 28.1. The van der Waals surface area contributed by atoms with E-state index in [0.29, 0.717) is 35.5 Å². The minimum Gasteiger partial charge on any atom is -0.497 e. The Hall–Kier alpha value is -2.39. The van der Waals surface area contributed by atoms with Crippen molar-refractivity contribution < 1.29 is 33.6 Å². The van der Waals surface area contributed by atoms with Gasteiger partial charge in [-0.05, 0) is 45.2 Å². The number of amides is 1. The van der Waals surface area contributed by atoms with E-state index in [1.165, 1.54) is 7.11 Å². The molecule has 1 fully saturated rings. The number of rotatable bonds is 4. The minimum absolute atomic E-state index is 0.00318. The maximum absolute atomic E-state index is 13.2. The van der Waals surface area contributed by atoms with Crippen LogP contribution in [0.2, 0.25) is 0 Å². The molecule has 0 bridgehead atoms. The number of carbonyl (C=O) groups is 1. The Bertz CT molecular complexity index is 864. The van der Waals surface area contributed by atoms with Crippen LogP contribution in [0.4, 0.5) is 0 Å². The second kappa shape index (κ2) is 10.5. The highest BCUT2D eigenvalue weighted by Gasteiger charge is 2.43. The maximum Gasteiger partial charge on any atom is 0.255 e. The summed E-state index contributed by atoms with van der Waals surface area (Å²) in [5.41, 5.74) is 1.04. The second-order valence-electron chi connectivity index (χ2n) is 8.45. The van der Waals surface area contributed by atoms with Gasteiger partial charge in [-0.25, -0.2) is 0 Å². The van der Waals surface area contributed by atoms with Crippen LogP contribution in [0.5, 0.6) is 11.5 Å². The number of aliphatic hydroxyl groups is 1. The summed E-state index contributed by atoms with van der Waals surface area (Å²) in [6.45, 7) is 5.56. The summed E-state index contributed by atoms with van der Waals surface area (Å²) in [7, 11) is 3.07. The first-order valence-corrected chi connectivity index (χ1v) is 10.8. The lowest BCUT2D eigenvalue weighted by molar-refractivity contribution is -0.152. The van der Waals surface area contributed by atoms with Gasteiger partial charge in [-0.2, -0.15) is 0 Å². The highest BCUT2D eigenvalue weighted by atomic mass is 16.8. The van der Waals surface area contributed by atoms with Gasteiger partial charge in [0.25, 0.3) is 5.91 Å². The fourth-order valence-electron chi connectivity index (χ4n) is 3.89. The zero-order valence-corrected chi connectivity index (χ0v) is 19.3. The number of methoxy groups -OCH3 is 2. The molecule has 8 heteroatoms. The summed E-state index contributed by atoms with van der Waals surface area (Å²) in [5, 5.41) is 13.7. The van der Waals surface area contributed by atoms with Gasteiger partial charge in [-0.3, -0.25) is 4.79 Å². The number of carbonyl (C=O) groups excluding carboxylic acids is 1. The zero-order valence-electron chi connectivity index (χ0n) is 19.3. The van der Waals surface area contributed by atoms with Gasteiger partial charge >= 0.3 is 0 Å². The minimum atomic E-state index is -0.817. The Kier molecular flexibility index (Phi) is 7.95. The molecule has 0 spiro atoms. The average Bonchev–Trinajstić information content (AvgIpc) is 3.05. The van der Waals surface area contributed by atoms with Gasteiger partial charge in [0.1, 0.15) is 23.7 Å². The van der Waals surface area contributed by atoms with Crippen molar-refractivity contribution in [1.82, 2.24) is 5.32 Å². The van der Waals surface area contributed by atoms with Crippen LogP contribution < -0.4 is 14.8 Å². The number of hydrogen-bond acceptors (Lipinski definition) is 7. The van der Waals surface area contributed by atoms with Gasteiger partial charge in [0.05, 0.1) is 18.8 Å². The third-order valence-electron chi connectivity index (χ3n) is 5.33. The van der Waals surface area contributed by atoms with Crippen molar-refractivity contribution in [2.45, 2.75) is 63.8 Å². The average molecular weight is 448 g/mol. The van der Waals surface area contributed by atoms with Crippen molar-refractivity contribution in [3.8, 4) is 11.5 Å². The predicted octanol–water partition coefficient (Wildman–Crippen LogP) is 3.04. The van der Waals surface area contributed by atoms with E-state index in [4.69, 9.17) is 23.7 Å². The molecule has 4 atom stereocenters. The van der Waals surface area contributed by atoms with E-state index in [-0.39, 0.29) is 24.8 Å². The van der Waals surface area contributed by atoms with Crippen LogP contribution in [-0.2, 0) is 14.2 Å². The first-order chi connectivity index (χ1) is 15.2. The molecule has 32 heavy (non-hydrogen) atoms. The van der Waals surface area contributed by atoms with Crippen LogP contribution in [-0.4, -0.2) is 62.2 Å². The lowest BCUT2D eigenvalue weighted by Crippen LogP contribution is -2.35. The third kappa shape index (κ3) is 5.89. The summed E-state index contributed by atoms with van der Waals surface area (Å²) in [4.78, 5) is 13.2. The van der Waals surface area contributed by atoms with E-state index in [9.17, 15) is 9.90 Å². The molecule has 2 unspecified atom stereocenters. The molecule has 1 aromatic rings. The fraction of sp³-hybridized carbons (Fsp3) is 0.542. The first-order valence-electron chi connectivity index (χ1n) is 10.8. The van der Waals surface area contributed by atoms with Crippen LogP contribution in [0.25, 0.3) is 6.08 Å². The molecule has 1 amide bonds. The largest absolute Gasteiger partial charge is 0.497 e. The van der Waals surface area contributed by atoms with Gasteiger partial charge in [0.2, 0.25) is 0 Å². The Labute approximate surface area is 189 Å². The van der Waals surface area contributed by atoms with Gasteiger partial charge in [0.15, 0.2) is 12.6 Å². The number of aliphatic hydroxyl groups excluding tert-OH is 1. The Morgan fingerprint density at radius 2 is 1.97 bits per heavy atom. The standard InChI is InChI=1S/C24H33NO7/c1-15-8-6-10-18(26)22-19(31-24(2,3)32-22)11-7-9-16-12-17(29-5)13-20(30-14-28-4)21(16)23(27)25-15/h6-7,9-10,12-13,15,18-19,22,26H,8,11,14H2,1-5H3,(H,25,27)/t15-,18?,19?,22+/m0/s1. The van der Waals surface area contributed by atoms with E-state index in [2.05, 4.69) is 5.32 Å². The topological polar surface area (TPSA) is 95.5 Å². The van der Waals surface area contributed by atoms with Crippen LogP contribution in [0, 0.1) is 0 Å². The normalized spacial score (nSPS) is 27.8. The molecule has 3 rings (SSSR count). The molecule has 0 aliphatic carbocycles. The Morgan fingerprint density at radius 3 is 2.69 bits per heavy atom. The monoisotopic (exact) mass is 447 g/mol. The predicted molar refractivity (Wildman–Crippen MR) is 120 cm³/mol. The van der Waals surface area contributed by atoms with E-state index >= 15 is 0 Å². The van der Waals surface area contributed by atoms with E-state index in [1.54, 1.807) is 25.3 Å². The molecule has 0 radical (unpaired) electrons. The number of nitrogens with one attached hydrogen (secondary N) is 1. The molecular weight excluding hydrogens is 414 g/mol. The molecule has 2 aliphatic heterocycles. The van der Waals surface area contributed by atoms with Gasteiger partial charge in [-0.15, -0.1) is 0 Å². The molecule has 1 saturated heterocycles. The van der Waals surface area contributed by atoms with Gasteiger partial charge in [-0.1, -0.05) is 24.3 Å². The van der Waals surface area contributed by atoms with E-state index in [0.717, 1.165) is 0 Å². The van der Waals surface area contributed by atoms with Crippen molar-refractivity contribution in [2.24, 2.45) is 0 Å². The molecule has 2 aliphatic rings. The molecular formula is C24H33NO7. The van der Waals surface area contributed by atoms with Crippen molar-refractivity contribution in [2.75, 3.05) is 21.0 Å². The molecule has 0 aromatic heterocycles. The van der Waals surface area contributed by atoms with Crippen LogP contribution in [0.15, 0.2) is 30.4 Å². The lowest BCUT2D eigenvalue weighted by Gasteiger charge is -2.21. The van der Waals surface area contributed by atoms with Gasteiger partial charge < -0.3 is 34.1 Å². The van der Waals surface area contributed by atoms with Crippen LogP contribution in [0.3, 0.4) is 0 Å². The first kappa shape index (κ1) is 24.3. The molecule has 2 N–H and O–H groups in total. The SMILES string of the molecule is COCOc1cc(OC)cc2c1C(=O)N[C@@H](C)CC=CC(O)[C@H]1OC(C)(C)OC1CC=C2. The summed E-state index contributed by atoms with van der Waals surface area (Å²) in [6.07, 6.45) is 6.66. The zero-order chi connectivity index (χ0) is 23.3. The van der Waals surface area contributed by atoms with Crippen molar-refractivity contribution in [3.05, 3.63) is 41.5 Å². The third-order valence-corrected chi connectivity index (χ3v) is 5.33. The summed E-state index contributed by atoms with van der Waals surface area (Å²) in [6, 6.07) is 3.28. The molecule has 8 nitrogen and oxygen atoms in total.